The van der Waals surface area contributed by atoms with Crippen LogP contribution in [0, 0.1) is 0 Å². The van der Waals surface area contributed by atoms with Crippen LogP contribution in [0.25, 0.3) is 0 Å². The number of nitrogens with zero attached hydrogens (tertiary/aromatic N) is 2. The third kappa shape index (κ3) is 3.63. The zero-order chi connectivity index (χ0) is 14.7. The molecule has 0 bridgehead atoms. The maximum atomic E-state index is 6.44. The number of nitrogens with two attached hydrogens (primary N) is 1. The Labute approximate surface area is 135 Å². The largest absolute Gasteiger partial charge is 0.326 e. The third-order valence-corrected chi connectivity index (χ3v) is 6.12. The molecular formula is C15H26BrN3S. The summed E-state index contributed by atoms with van der Waals surface area (Å²) in [5.41, 5.74) is 6.44. The number of thiophene rings is 1. The van der Waals surface area contributed by atoms with E-state index in [1.54, 1.807) is 0 Å². The van der Waals surface area contributed by atoms with Crippen molar-refractivity contribution in [2.45, 2.75) is 45.3 Å². The molecule has 1 aliphatic heterocycles. The first-order valence-corrected chi connectivity index (χ1v) is 9.21. The Morgan fingerprint density at radius 2 is 2.20 bits per heavy atom. The number of rotatable bonds is 5. The normalized spacial score (nSPS) is 24.8. The predicted octanol–water partition coefficient (Wildman–Crippen LogP) is 3.32. The van der Waals surface area contributed by atoms with Gasteiger partial charge < -0.3 is 5.73 Å². The Morgan fingerprint density at radius 1 is 1.45 bits per heavy atom. The average molecular weight is 360 g/mol. The quantitative estimate of drug-likeness (QED) is 0.874. The van der Waals surface area contributed by atoms with Crippen molar-refractivity contribution in [3.05, 3.63) is 20.8 Å². The van der Waals surface area contributed by atoms with Gasteiger partial charge in [-0.2, -0.15) is 0 Å². The first kappa shape index (κ1) is 16.4. The van der Waals surface area contributed by atoms with Crippen molar-refractivity contribution in [2.24, 2.45) is 5.73 Å². The van der Waals surface area contributed by atoms with Crippen LogP contribution in [0.3, 0.4) is 0 Å². The fourth-order valence-corrected chi connectivity index (χ4v) is 4.77. The van der Waals surface area contributed by atoms with Gasteiger partial charge in [-0.25, -0.2) is 0 Å². The summed E-state index contributed by atoms with van der Waals surface area (Å²) in [5.74, 6) is 0. The van der Waals surface area contributed by atoms with E-state index in [4.69, 9.17) is 5.73 Å². The van der Waals surface area contributed by atoms with Crippen molar-refractivity contribution in [1.82, 2.24) is 9.80 Å². The molecule has 2 N–H and O–H groups in total. The summed E-state index contributed by atoms with van der Waals surface area (Å²) in [4.78, 5) is 6.53. The minimum absolute atomic E-state index is 0.209. The topological polar surface area (TPSA) is 32.5 Å². The Hall–Kier alpha value is 0.0600. The standard InChI is InChI=1S/C15H26BrN3S/c1-4-13(17)15(14-8-12(16)10-20-14)19-7-6-18(5-2)11(3)9-19/h8,10-11,13,15H,4-7,9,17H2,1-3H3. The van der Waals surface area contributed by atoms with Crippen LogP contribution in [0.15, 0.2) is 15.9 Å². The Kier molecular flexibility index (Phi) is 6.05. The van der Waals surface area contributed by atoms with Crippen molar-refractivity contribution in [3.63, 3.8) is 0 Å². The molecule has 5 heteroatoms. The second-order valence-corrected chi connectivity index (χ2v) is 7.52. The lowest BCUT2D eigenvalue weighted by molar-refractivity contribution is 0.0504. The van der Waals surface area contributed by atoms with E-state index < -0.39 is 0 Å². The Bertz CT molecular complexity index is 423. The van der Waals surface area contributed by atoms with Crippen LogP contribution in [-0.4, -0.2) is 48.1 Å². The van der Waals surface area contributed by atoms with E-state index in [2.05, 4.69) is 57.9 Å². The molecule has 3 nitrogen and oxygen atoms in total. The summed E-state index contributed by atoms with van der Waals surface area (Å²) in [6, 6.07) is 3.42. The summed E-state index contributed by atoms with van der Waals surface area (Å²) in [7, 11) is 0. The van der Waals surface area contributed by atoms with E-state index in [0.717, 1.165) is 32.6 Å². The van der Waals surface area contributed by atoms with Crippen LogP contribution in [-0.2, 0) is 0 Å². The van der Waals surface area contributed by atoms with Crippen LogP contribution in [0.1, 0.15) is 38.1 Å². The molecule has 1 aliphatic rings. The molecule has 2 heterocycles. The monoisotopic (exact) mass is 359 g/mol. The Balaban J connectivity index is 2.16. The number of hydrogen-bond donors (Lipinski definition) is 1. The zero-order valence-electron chi connectivity index (χ0n) is 12.7. The molecule has 0 spiro atoms. The lowest BCUT2D eigenvalue weighted by Gasteiger charge is -2.44. The lowest BCUT2D eigenvalue weighted by atomic mass is 10.0. The first-order chi connectivity index (χ1) is 9.56. The number of halogens is 1. The van der Waals surface area contributed by atoms with Crippen LogP contribution in [0.2, 0.25) is 0 Å². The van der Waals surface area contributed by atoms with E-state index in [0.29, 0.717) is 12.1 Å². The highest BCUT2D eigenvalue weighted by atomic mass is 79.9. The van der Waals surface area contributed by atoms with Crippen LogP contribution < -0.4 is 5.73 Å². The molecule has 0 amide bonds. The zero-order valence-corrected chi connectivity index (χ0v) is 15.1. The van der Waals surface area contributed by atoms with E-state index in [1.807, 2.05) is 11.3 Å². The molecule has 1 aromatic heterocycles. The molecule has 1 saturated heterocycles. The Morgan fingerprint density at radius 3 is 2.70 bits per heavy atom. The minimum Gasteiger partial charge on any atom is -0.326 e. The van der Waals surface area contributed by atoms with Gasteiger partial charge in [0.2, 0.25) is 0 Å². The molecule has 20 heavy (non-hydrogen) atoms. The summed E-state index contributed by atoms with van der Waals surface area (Å²) in [6.45, 7) is 11.3. The van der Waals surface area contributed by atoms with Crippen LogP contribution in [0.5, 0.6) is 0 Å². The third-order valence-electron chi connectivity index (χ3n) is 4.35. The van der Waals surface area contributed by atoms with Gasteiger partial charge in [-0.1, -0.05) is 13.8 Å². The smallest absolute Gasteiger partial charge is 0.0594 e. The van der Waals surface area contributed by atoms with Crippen LogP contribution >= 0.6 is 27.3 Å². The van der Waals surface area contributed by atoms with E-state index in [-0.39, 0.29) is 6.04 Å². The van der Waals surface area contributed by atoms with Gasteiger partial charge in [-0.05, 0) is 41.9 Å². The SMILES string of the molecule is CCC(N)C(c1cc(Br)cs1)N1CCN(CC)C(C)C1. The summed E-state index contributed by atoms with van der Waals surface area (Å²) >= 11 is 5.39. The van der Waals surface area contributed by atoms with Gasteiger partial charge in [0.1, 0.15) is 0 Å². The highest BCUT2D eigenvalue weighted by molar-refractivity contribution is 9.10. The minimum atomic E-state index is 0.209. The highest BCUT2D eigenvalue weighted by Crippen LogP contribution is 2.33. The van der Waals surface area contributed by atoms with Gasteiger partial charge in [0.15, 0.2) is 0 Å². The van der Waals surface area contributed by atoms with Crippen molar-refractivity contribution in [3.8, 4) is 0 Å². The molecule has 0 aromatic carbocycles. The highest BCUT2D eigenvalue weighted by Gasteiger charge is 2.32. The maximum Gasteiger partial charge on any atom is 0.0594 e. The summed E-state index contributed by atoms with van der Waals surface area (Å²) < 4.78 is 1.17. The lowest BCUT2D eigenvalue weighted by Crippen LogP contribution is -2.55. The fraction of sp³-hybridized carbons (Fsp3) is 0.733. The average Bonchev–Trinajstić information content (AvgIpc) is 2.85. The summed E-state index contributed by atoms with van der Waals surface area (Å²) in [5, 5.41) is 2.16. The second-order valence-electron chi connectivity index (χ2n) is 5.66. The van der Waals surface area contributed by atoms with Gasteiger partial charge in [0.05, 0.1) is 6.04 Å². The second kappa shape index (κ2) is 7.36. The summed E-state index contributed by atoms with van der Waals surface area (Å²) in [6.07, 6.45) is 1.02. The molecule has 114 valence electrons. The number of piperazine rings is 1. The van der Waals surface area contributed by atoms with Crippen LogP contribution in [0.4, 0.5) is 0 Å². The molecule has 3 unspecified atom stereocenters. The molecule has 0 aliphatic carbocycles. The van der Waals surface area contributed by atoms with Gasteiger partial charge >= 0.3 is 0 Å². The molecule has 2 rings (SSSR count). The molecule has 3 atom stereocenters. The van der Waals surface area contributed by atoms with Crippen molar-refractivity contribution >= 4 is 27.3 Å². The first-order valence-electron chi connectivity index (χ1n) is 7.54. The molecule has 0 saturated carbocycles. The van der Waals surface area contributed by atoms with Gasteiger partial charge in [-0.3, -0.25) is 9.80 Å². The van der Waals surface area contributed by atoms with Gasteiger partial charge in [-0.15, -0.1) is 11.3 Å². The van der Waals surface area contributed by atoms with E-state index in [1.165, 1.54) is 9.35 Å². The molecule has 1 aromatic rings. The molecule has 1 fully saturated rings. The van der Waals surface area contributed by atoms with Crippen molar-refractivity contribution < 1.29 is 0 Å². The predicted molar refractivity (Wildman–Crippen MR) is 91.3 cm³/mol. The van der Waals surface area contributed by atoms with E-state index >= 15 is 0 Å². The molecular weight excluding hydrogens is 334 g/mol. The molecule has 0 radical (unpaired) electrons. The van der Waals surface area contributed by atoms with Gasteiger partial charge in [0, 0.05) is 46.4 Å². The van der Waals surface area contributed by atoms with E-state index in [9.17, 15) is 0 Å². The number of hydrogen-bond acceptors (Lipinski definition) is 4. The van der Waals surface area contributed by atoms with Crippen molar-refractivity contribution in [1.29, 1.82) is 0 Å². The van der Waals surface area contributed by atoms with Crippen molar-refractivity contribution in [2.75, 3.05) is 26.2 Å². The maximum absolute atomic E-state index is 6.44. The number of likely N-dealkylation sites (N-methyl/N-ethyl adjacent to an activating group) is 1. The van der Waals surface area contributed by atoms with Gasteiger partial charge in [0.25, 0.3) is 0 Å². The fourth-order valence-electron chi connectivity index (χ4n) is 3.11.